The summed E-state index contributed by atoms with van der Waals surface area (Å²) in [5.41, 5.74) is 0.837. The molecule has 0 saturated carbocycles. The summed E-state index contributed by atoms with van der Waals surface area (Å²) in [6, 6.07) is 9.29. The van der Waals surface area contributed by atoms with E-state index in [0.717, 1.165) is 11.4 Å². The normalized spacial score (nSPS) is 13.3. The Hall–Kier alpha value is -2.54. The second-order valence-corrected chi connectivity index (χ2v) is 4.88. The molecule has 1 aliphatic heterocycles. The van der Waals surface area contributed by atoms with Gasteiger partial charge in [-0.1, -0.05) is 0 Å². The van der Waals surface area contributed by atoms with Gasteiger partial charge >= 0.3 is 0 Å². The summed E-state index contributed by atoms with van der Waals surface area (Å²) >= 11 is 5.31. The van der Waals surface area contributed by atoms with Gasteiger partial charge in [0.25, 0.3) is 0 Å². The second kappa shape index (κ2) is 4.78. The van der Waals surface area contributed by atoms with Gasteiger partial charge in [-0.2, -0.15) is 5.10 Å². The van der Waals surface area contributed by atoms with Gasteiger partial charge < -0.3 is 13.9 Å². The molecule has 6 nitrogen and oxygen atoms in total. The van der Waals surface area contributed by atoms with Gasteiger partial charge in [0.1, 0.15) is 13.2 Å². The molecule has 0 saturated heterocycles. The van der Waals surface area contributed by atoms with Gasteiger partial charge in [-0.25, -0.2) is 0 Å². The van der Waals surface area contributed by atoms with Crippen LogP contribution in [-0.4, -0.2) is 28.0 Å². The van der Waals surface area contributed by atoms with Gasteiger partial charge in [-0.3, -0.25) is 9.67 Å². The second-order valence-electron chi connectivity index (χ2n) is 4.49. The molecule has 0 amide bonds. The molecule has 1 aromatic carbocycles. The summed E-state index contributed by atoms with van der Waals surface area (Å²) in [6.07, 6.45) is 1.60. The lowest BCUT2D eigenvalue weighted by Crippen LogP contribution is -2.15. The van der Waals surface area contributed by atoms with E-state index in [1.165, 1.54) is 0 Å². The highest BCUT2D eigenvalue weighted by molar-refractivity contribution is 7.71. The van der Waals surface area contributed by atoms with E-state index in [0.29, 0.717) is 35.3 Å². The molecule has 0 radical (unpaired) electrons. The number of aromatic nitrogens is 3. The van der Waals surface area contributed by atoms with Crippen molar-refractivity contribution in [2.45, 2.75) is 0 Å². The number of aromatic amines is 1. The standard InChI is InChI=1S/C14H11N3O3S/c21-14-16-15-13(11-2-1-5-18-11)17(14)9-3-4-10-12(8-9)20-7-6-19-10/h1-5,8H,6-7H2,(H,16,21). The number of hydrogen-bond acceptors (Lipinski definition) is 5. The van der Waals surface area contributed by atoms with Crippen LogP contribution in [-0.2, 0) is 0 Å². The monoisotopic (exact) mass is 301 g/mol. The summed E-state index contributed by atoms with van der Waals surface area (Å²) in [4.78, 5) is 0. The van der Waals surface area contributed by atoms with E-state index in [4.69, 9.17) is 26.1 Å². The molecule has 1 aliphatic rings. The minimum atomic E-state index is 0.484. The van der Waals surface area contributed by atoms with E-state index in [-0.39, 0.29) is 0 Å². The lowest BCUT2D eigenvalue weighted by atomic mass is 10.2. The predicted molar refractivity (Wildman–Crippen MR) is 77.4 cm³/mol. The van der Waals surface area contributed by atoms with Gasteiger partial charge in [0, 0.05) is 6.07 Å². The largest absolute Gasteiger partial charge is 0.486 e. The van der Waals surface area contributed by atoms with Crippen molar-refractivity contribution in [3.63, 3.8) is 0 Å². The third kappa shape index (κ3) is 2.02. The Kier molecular flexibility index (Phi) is 2.78. The first-order chi connectivity index (χ1) is 10.3. The zero-order valence-corrected chi connectivity index (χ0v) is 11.7. The first kappa shape index (κ1) is 12.2. The molecule has 2 aromatic heterocycles. The molecule has 0 spiro atoms. The SMILES string of the molecule is S=c1[nH]nc(-c2ccco2)n1-c1ccc2c(c1)OCCO2. The highest BCUT2D eigenvalue weighted by atomic mass is 32.1. The molecule has 7 heteroatoms. The van der Waals surface area contributed by atoms with Crippen LogP contribution in [0.5, 0.6) is 11.5 Å². The number of ether oxygens (including phenoxy) is 2. The molecule has 0 fully saturated rings. The van der Waals surface area contributed by atoms with Gasteiger partial charge in [0.15, 0.2) is 22.0 Å². The molecule has 3 aromatic rings. The van der Waals surface area contributed by atoms with Crippen LogP contribution in [0.4, 0.5) is 0 Å². The van der Waals surface area contributed by atoms with Gasteiger partial charge in [-0.15, -0.1) is 0 Å². The molecule has 21 heavy (non-hydrogen) atoms. The number of nitrogens with one attached hydrogen (secondary N) is 1. The number of benzene rings is 1. The average molecular weight is 301 g/mol. The number of hydrogen-bond donors (Lipinski definition) is 1. The van der Waals surface area contributed by atoms with Crippen molar-refractivity contribution in [3.8, 4) is 28.8 Å². The van der Waals surface area contributed by atoms with Crippen molar-refractivity contribution in [2.24, 2.45) is 0 Å². The van der Waals surface area contributed by atoms with Crippen LogP contribution in [0, 0.1) is 4.77 Å². The van der Waals surface area contributed by atoms with Gasteiger partial charge in [-0.05, 0) is 36.5 Å². The van der Waals surface area contributed by atoms with Crippen molar-refractivity contribution < 1.29 is 13.9 Å². The van der Waals surface area contributed by atoms with Crippen molar-refractivity contribution in [2.75, 3.05) is 13.2 Å². The Balaban J connectivity index is 1.87. The average Bonchev–Trinajstić information content (AvgIpc) is 3.16. The topological polar surface area (TPSA) is 65.2 Å². The summed E-state index contributed by atoms with van der Waals surface area (Å²) in [7, 11) is 0. The third-order valence-electron chi connectivity index (χ3n) is 3.20. The first-order valence-corrected chi connectivity index (χ1v) is 6.85. The van der Waals surface area contributed by atoms with Crippen LogP contribution < -0.4 is 9.47 Å². The highest BCUT2D eigenvalue weighted by Crippen LogP contribution is 2.33. The zero-order chi connectivity index (χ0) is 14.2. The van der Waals surface area contributed by atoms with E-state index in [9.17, 15) is 0 Å². The fraction of sp³-hybridized carbons (Fsp3) is 0.143. The molecule has 0 atom stereocenters. The minimum absolute atomic E-state index is 0.484. The Labute approximate surface area is 124 Å². The van der Waals surface area contributed by atoms with Crippen molar-refractivity contribution in [1.29, 1.82) is 0 Å². The van der Waals surface area contributed by atoms with E-state index >= 15 is 0 Å². The molecule has 0 aliphatic carbocycles. The number of nitrogens with zero attached hydrogens (tertiary/aromatic N) is 2. The zero-order valence-electron chi connectivity index (χ0n) is 10.9. The summed E-state index contributed by atoms with van der Waals surface area (Å²) < 4.78 is 18.8. The molecule has 0 bridgehead atoms. The lowest BCUT2D eigenvalue weighted by molar-refractivity contribution is 0.171. The fourth-order valence-electron chi connectivity index (χ4n) is 2.28. The van der Waals surface area contributed by atoms with Crippen molar-refractivity contribution in [3.05, 3.63) is 41.4 Å². The maximum Gasteiger partial charge on any atom is 0.202 e. The maximum absolute atomic E-state index is 5.61. The van der Waals surface area contributed by atoms with E-state index in [1.54, 1.807) is 16.9 Å². The van der Waals surface area contributed by atoms with Crippen molar-refractivity contribution >= 4 is 12.2 Å². The van der Waals surface area contributed by atoms with Crippen molar-refractivity contribution in [1.82, 2.24) is 14.8 Å². The number of fused-ring (bicyclic) bond motifs is 1. The van der Waals surface area contributed by atoms with Crippen LogP contribution in [0.3, 0.4) is 0 Å². The van der Waals surface area contributed by atoms with Crippen LogP contribution in [0.15, 0.2) is 41.0 Å². The third-order valence-corrected chi connectivity index (χ3v) is 3.47. The molecular weight excluding hydrogens is 290 g/mol. The number of H-pyrrole nitrogens is 1. The number of rotatable bonds is 2. The molecule has 0 unspecified atom stereocenters. The minimum Gasteiger partial charge on any atom is -0.486 e. The van der Waals surface area contributed by atoms with E-state index in [1.807, 2.05) is 24.3 Å². The molecule has 3 heterocycles. The van der Waals surface area contributed by atoms with E-state index < -0.39 is 0 Å². The molecule has 1 N–H and O–H groups in total. The quantitative estimate of drug-likeness (QED) is 0.737. The summed E-state index contributed by atoms with van der Waals surface area (Å²) in [6.45, 7) is 1.10. The molecule has 106 valence electrons. The Morgan fingerprint density at radius 1 is 1.14 bits per heavy atom. The number of furan rings is 1. The van der Waals surface area contributed by atoms with Crippen LogP contribution in [0.2, 0.25) is 0 Å². The van der Waals surface area contributed by atoms with Crippen LogP contribution in [0.25, 0.3) is 17.3 Å². The highest BCUT2D eigenvalue weighted by Gasteiger charge is 2.17. The smallest absolute Gasteiger partial charge is 0.202 e. The van der Waals surface area contributed by atoms with Crippen LogP contribution >= 0.6 is 12.2 Å². The Bertz CT molecular complexity index is 836. The van der Waals surface area contributed by atoms with E-state index in [2.05, 4.69) is 10.2 Å². The predicted octanol–water partition coefficient (Wildman–Crippen LogP) is 2.96. The van der Waals surface area contributed by atoms with Gasteiger partial charge in [0.2, 0.25) is 5.82 Å². The maximum atomic E-state index is 5.61. The Morgan fingerprint density at radius 2 is 2.00 bits per heavy atom. The summed E-state index contributed by atoms with van der Waals surface area (Å²) in [5.74, 6) is 2.69. The fourth-order valence-corrected chi connectivity index (χ4v) is 2.52. The van der Waals surface area contributed by atoms with Gasteiger partial charge in [0.05, 0.1) is 12.0 Å². The molecular formula is C14H11N3O3S. The summed E-state index contributed by atoms with van der Waals surface area (Å²) in [5, 5.41) is 7.01. The molecule has 4 rings (SSSR count). The lowest BCUT2D eigenvalue weighted by Gasteiger charge is -2.19. The Morgan fingerprint density at radius 3 is 2.81 bits per heavy atom. The first-order valence-electron chi connectivity index (χ1n) is 6.44. The van der Waals surface area contributed by atoms with Crippen LogP contribution in [0.1, 0.15) is 0 Å².